The summed E-state index contributed by atoms with van der Waals surface area (Å²) in [5, 5.41) is 11.6. The number of carbonyl (C=O) groups is 2. The van der Waals surface area contributed by atoms with Crippen LogP contribution in [0.2, 0.25) is 0 Å². The number of hydrogen-bond acceptors (Lipinski definition) is 3. The predicted octanol–water partition coefficient (Wildman–Crippen LogP) is 2.47. The number of benzene rings is 1. The molecule has 0 saturated heterocycles. The first-order valence-electron chi connectivity index (χ1n) is 5.79. The molecule has 20 heavy (non-hydrogen) atoms. The van der Waals surface area contributed by atoms with Gasteiger partial charge in [0.05, 0.1) is 11.1 Å². The number of aromatic nitrogens is 1. The monoisotopic (exact) mass is 334 g/mol. The van der Waals surface area contributed by atoms with Crippen LogP contribution in [-0.4, -0.2) is 22.0 Å². The Hall–Kier alpha value is -2.21. The first kappa shape index (κ1) is 14.2. The van der Waals surface area contributed by atoms with Gasteiger partial charge in [-0.15, -0.1) is 0 Å². The van der Waals surface area contributed by atoms with Crippen LogP contribution in [0, 0.1) is 0 Å². The van der Waals surface area contributed by atoms with Crippen LogP contribution in [0.1, 0.15) is 26.3 Å². The van der Waals surface area contributed by atoms with Crippen LogP contribution in [0.15, 0.2) is 47.2 Å². The molecule has 0 atom stereocenters. The van der Waals surface area contributed by atoms with E-state index in [1.54, 1.807) is 30.5 Å². The molecule has 1 aromatic heterocycles. The van der Waals surface area contributed by atoms with Gasteiger partial charge >= 0.3 is 5.97 Å². The molecule has 0 fully saturated rings. The fourth-order valence-corrected chi connectivity index (χ4v) is 2.08. The Labute approximate surface area is 123 Å². The fraction of sp³-hybridized carbons (Fsp3) is 0.0714. The molecule has 1 aromatic carbocycles. The average Bonchev–Trinajstić information content (AvgIpc) is 2.45. The zero-order valence-corrected chi connectivity index (χ0v) is 11.9. The Balaban J connectivity index is 2.06. The van der Waals surface area contributed by atoms with Gasteiger partial charge in [-0.25, -0.2) is 9.78 Å². The number of amides is 1. The number of aromatic carboxylic acids is 1. The topological polar surface area (TPSA) is 79.3 Å². The van der Waals surface area contributed by atoms with Crippen LogP contribution in [0.4, 0.5) is 0 Å². The molecule has 1 heterocycles. The van der Waals surface area contributed by atoms with E-state index in [0.717, 1.165) is 5.56 Å². The zero-order valence-electron chi connectivity index (χ0n) is 10.3. The lowest BCUT2D eigenvalue weighted by atomic mass is 10.1. The highest BCUT2D eigenvalue weighted by Gasteiger charge is 2.10. The summed E-state index contributed by atoms with van der Waals surface area (Å²) in [6, 6.07) is 9.76. The average molecular weight is 335 g/mol. The number of carboxylic acid groups (broad SMARTS) is 1. The largest absolute Gasteiger partial charge is 0.478 e. The Kier molecular flexibility index (Phi) is 4.47. The summed E-state index contributed by atoms with van der Waals surface area (Å²) in [5.74, 6) is -1.26. The van der Waals surface area contributed by atoms with E-state index < -0.39 is 5.97 Å². The first-order valence-corrected chi connectivity index (χ1v) is 6.58. The molecule has 2 rings (SSSR count). The van der Waals surface area contributed by atoms with Gasteiger partial charge in [-0.3, -0.25) is 4.79 Å². The van der Waals surface area contributed by atoms with E-state index in [4.69, 9.17) is 5.11 Å². The highest BCUT2D eigenvalue weighted by molar-refractivity contribution is 9.10. The minimum absolute atomic E-state index is 0.194. The Bertz CT molecular complexity index is 658. The van der Waals surface area contributed by atoms with Crippen molar-refractivity contribution >= 4 is 27.8 Å². The van der Waals surface area contributed by atoms with E-state index >= 15 is 0 Å². The molecular formula is C14H11BrN2O3. The third-order valence-electron chi connectivity index (χ3n) is 2.63. The van der Waals surface area contributed by atoms with Crippen LogP contribution in [0.25, 0.3) is 0 Å². The maximum Gasteiger partial charge on any atom is 0.335 e. The fourth-order valence-electron chi connectivity index (χ4n) is 1.65. The molecule has 102 valence electrons. The summed E-state index contributed by atoms with van der Waals surface area (Å²) in [6.45, 7) is 0.251. The molecule has 2 aromatic rings. The first-order chi connectivity index (χ1) is 9.58. The number of halogens is 1. The molecule has 1 amide bonds. The van der Waals surface area contributed by atoms with Crippen molar-refractivity contribution in [2.75, 3.05) is 0 Å². The van der Waals surface area contributed by atoms with Gasteiger partial charge in [-0.1, -0.05) is 12.1 Å². The standard InChI is InChI=1S/C14H11BrN2O3/c15-12-11(5-2-6-16-12)13(18)17-8-9-3-1-4-10(7-9)14(19)20/h1-7H,8H2,(H,17,18)(H,19,20). The zero-order chi connectivity index (χ0) is 14.5. The van der Waals surface area contributed by atoms with Crippen molar-refractivity contribution in [1.82, 2.24) is 10.3 Å². The van der Waals surface area contributed by atoms with E-state index in [-0.39, 0.29) is 18.0 Å². The van der Waals surface area contributed by atoms with Crippen LogP contribution in [-0.2, 0) is 6.54 Å². The van der Waals surface area contributed by atoms with Crippen molar-refractivity contribution in [3.05, 3.63) is 63.9 Å². The number of rotatable bonds is 4. The highest BCUT2D eigenvalue weighted by atomic mass is 79.9. The van der Waals surface area contributed by atoms with Crippen molar-refractivity contribution in [1.29, 1.82) is 0 Å². The molecule has 0 aliphatic carbocycles. The summed E-state index contributed by atoms with van der Waals surface area (Å²) in [7, 11) is 0. The molecule has 0 saturated carbocycles. The molecule has 0 aliphatic rings. The molecule has 0 aliphatic heterocycles. The lowest BCUT2D eigenvalue weighted by Crippen LogP contribution is -2.23. The van der Waals surface area contributed by atoms with E-state index in [1.165, 1.54) is 12.1 Å². The summed E-state index contributed by atoms with van der Waals surface area (Å²) in [6.07, 6.45) is 1.58. The Morgan fingerprint density at radius 3 is 2.75 bits per heavy atom. The van der Waals surface area contributed by atoms with E-state index in [9.17, 15) is 9.59 Å². The minimum atomic E-state index is -0.992. The molecule has 6 heteroatoms. The second-order valence-electron chi connectivity index (χ2n) is 4.03. The summed E-state index contributed by atoms with van der Waals surface area (Å²) in [5.41, 5.74) is 1.35. The number of pyridine rings is 1. The lowest BCUT2D eigenvalue weighted by Gasteiger charge is -2.07. The van der Waals surface area contributed by atoms with Gasteiger partial charge < -0.3 is 10.4 Å². The number of nitrogens with zero attached hydrogens (tertiary/aromatic N) is 1. The third kappa shape index (κ3) is 3.42. The third-order valence-corrected chi connectivity index (χ3v) is 3.26. The number of carbonyl (C=O) groups excluding carboxylic acids is 1. The highest BCUT2D eigenvalue weighted by Crippen LogP contribution is 2.12. The summed E-state index contributed by atoms with van der Waals surface area (Å²) in [4.78, 5) is 26.8. The Morgan fingerprint density at radius 1 is 1.25 bits per heavy atom. The van der Waals surface area contributed by atoms with E-state index in [0.29, 0.717) is 10.2 Å². The molecule has 5 nitrogen and oxygen atoms in total. The van der Waals surface area contributed by atoms with Gasteiger partial charge in [0.15, 0.2) is 0 Å². The quantitative estimate of drug-likeness (QED) is 0.842. The van der Waals surface area contributed by atoms with Gasteiger partial charge in [-0.2, -0.15) is 0 Å². The van der Waals surface area contributed by atoms with Crippen LogP contribution >= 0.6 is 15.9 Å². The van der Waals surface area contributed by atoms with Gasteiger partial charge in [0.25, 0.3) is 5.91 Å². The van der Waals surface area contributed by atoms with Crippen LogP contribution in [0.3, 0.4) is 0 Å². The maximum atomic E-state index is 12.0. The molecule has 0 unspecified atom stereocenters. The van der Waals surface area contributed by atoms with Gasteiger partial charge in [0.2, 0.25) is 0 Å². The van der Waals surface area contributed by atoms with Crippen LogP contribution in [0.5, 0.6) is 0 Å². The lowest BCUT2D eigenvalue weighted by molar-refractivity contribution is 0.0696. The maximum absolute atomic E-state index is 12.0. The minimum Gasteiger partial charge on any atom is -0.478 e. The van der Waals surface area contributed by atoms with Gasteiger partial charge in [-0.05, 0) is 45.8 Å². The van der Waals surface area contributed by atoms with E-state index in [1.807, 2.05) is 0 Å². The van der Waals surface area contributed by atoms with E-state index in [2.05, 4.69) is 26.2 Å². The second-order valence-corrected chi connectivity index (χ2v) is 4.78. The molecule has 2 N–H and O–H groups in total. The second kappa shape index (κ2) is 6.29. The normalized spacial score (nSPS) is 10.1. The van der Waals surface area contributed by atoms with Crippen molar-refractivity contribution in [3.63, 3.8) is 0 Å². The van der Waals surface area contributed by atoms with Gasteiger partial charge in [0, 0.05) is 12.7 Å². The molecular weight excluding hydrogens is 324 g/mol. The van der Waals surface area contributed by atoms with Crippen molar-refractivity contribution in [2.24, 2.45) is 0 Å². The molecule has 0 bridgehead atoms. The number of hydrogen-bond donors (Lipinski definition) is 2. The smallest absolute Gasteiger partial charge is 0.335 e. The van der Waals surface area contributed by atoms with Crippen molar-refractivity contribution in [2.45, 2.75) is 6.54 Å². The molecule has 0 spiro atoms. The van der Waals surface area contributed by atoms with Gasteiger partial charge in [0.1, 0.15) is 4.60 Å². The summed E-state index contributed by atoms with van der Waals surface area (Å²) >= 11 is 3.20. The van der Waals surface area contributed by atoms with Crippen molar-refractivity contribution < 1.29 is 14.7 Å². The van der Waals surface area contributed by atoms with Crippen molar-refractivity contribution in [3.8, 4) is 0 Å². The summed E-state index contributed by atoms with van der Waals surface area (Å²) < 4.78 is 0.469. The number of carboxylic acids is 1. The SMILES string of the molecule is O=C(O)c1cccc(CNC(=O)c2cccnc2Br)c1. The number of nitrogens with one attached hydrogen (secondary N) is 1. The van der Waals surface area contributed by atoms with Crippen LogP contribution < -0.4 is 5.32 Å². The predicted molar refractivity (Wildman–Crippen MR) is 76.5 cm³/mol. The molecule has 0 radical (unpaired) electrons. The Morgan fingerprint density at radius 2 is 2.05 bits per heavy atom.